The molecule has 0 aliphatic carbocycles. The first-order chi connectivity index (χ1) is 8.67. The average molecular weight is 285 g/mol. The SMILES string of the molecule is CCc1nnsc1C(O)c1cc(Cl)ccc1OC. The third-order valence-corrected chi connectivity index (χ3v) is 3.71. The van der Waals surface area contributed by atoms with E-state index in [0.717, 1.165) is 17.0 Å². The Balaban J connectivity index is 2.45. The average Bonchev–Trinajstić information content (AvgIpc) is 2.86. The second-order valence-electron chi connectivity index (χ2n) is 3.73. The molecule has 96 valence electrons. The van der Waals surface area contributed by atoms with Crippen LogP contribution in [0.1, 0.15) is 29.2 Å². The zero-order chi connectivity index (χ0) is 13.1. The third-order valence-electron chi connectivity index (χ3n) is 2.65. The van der Waals surface area contributed by atoms with Crippen molar-refractivity contribution in [3.8, 4) is 5.75 Å². The van der Waals surface area contributed by atoms with E-state index in [-0.39, 0.29) is 0 Å². The lowest BCUT2D eigenvalue weighted by atomic mass is 10.1. The highest BCUT2D eigenvalue weighted by molar-refractivity contribution is 7.05. The van der Waals surface area contributed by atoms with E-state index in [1.807, 2.05) is 6.92 Å². The number of halogens is 1. The summed E-state index contributed by atoms with van der Waals surface area (Å²) in [7, 11) is 1.56. The molecule has 6 heteroatoms. The quantitative estimate of drug-likeness (QED) is 0.938. The molecule has 0 fully saturated rings. The second-order valence-corrected chi connectivity index (χ2v) is 4.95. The molecule has 2 rings (SSSR count). The maximum absolute atomic E-state index is 10.4. The van der Waals surface area contributed by atoms with Crippen molar-refractivity contribution in [3.63, 3.8) is 0 Å². The van der Waals surface area contributed by atoms with Gasteiger partial charge in [0.05, 0.1) is 17.7 Å². The highest BCUT2D eigenvalue weighted by Crippen LogP contribution is 2.34. The lowest BCUT2D eigenvalue weighted by molar-refractivity contribution is 0.217. The largest absolute Gasteiger partial charge is 0.496 e. The Morgan fingerprint density at radius 1 is 1.50 bits per heavy atom. The molecule has 0 saturated carbocycles. The van der Waals surface area contributed by atoms with Gasteiger partial charge in [0.15, 0.2) is 0 Å². The molecule has 0 aliphatic rings. The maximum Gasteiger partial charge on any atom is 0.125 e. The molecule has 1 atom stereocenters. The molecule has 0 radical (unpaired) electrons. The van der Waals surface area contributed by atoms with E-state index in [9.17, 15) is 5.11 Å². The van der Waals surface area contributed by atoms with Crippen LogP contribution in [-0.4, -0.2) is 21.8 Å². The number of aryl methyl sites for hydroxylation is 1. The summed E-state index contributed by atoms with van der Waals surface area (Å²) < 4.78 is 9.11. The predicted octanol–water partition coefficient (Wildman–Crippen LogP) is 2.84. The van der Waals surface area contributed by atoms with Crippen LogP contribution in [0.4, 0.5) is 0 Å². The van der Waals surface area contributed by atoms with Gasteiger partial charge in [0.1, 0.15) is 11.9 Å². The molecule has 0 bridgehead atoms. The van der Waals surface area contributed by atoms with E-state index in [2.05, 4.69) is 9.59 Å². The molecule has 0 saturated heterocycles. The smallest absolute Gasteiger partial charge is 0.125 e. The molecule has 0 amide bonds. The monoisotopic (exact) mass is 284 g/mol. The number of aliphatic hydroxyl groups excluding tert-OH is 1. The molecule has 0 spiro atoms. The normalized spacial score (nSPS) is 12.4. The van der Waals surface area contributed by atoms with Crippen molar-refractivity contribution in [1.29, 1.82) is 0 Å². The lowest BCUT2D eigenvalue weighted by Gasteiger charge is -2.14. The molecule has 18 heavy (non-hydrogen) atoms. The standard InChI is InChI=1S/C12H13ClN2O2S/c1-3-9-12(18-15-14-9)11(16)8-6-7(13)4-5-10(8)17-2/h4-6,11,16H,3H2,1-2H3. The number of rotatable bonds is 4. The number of methoxy groups -OCH3 is 1. The minimum Gasteiger partial charge on any atom is -0.496 e. The lowest BCUT2D eigenvalue weighted by Crippen LogP contribution is -2.03. The van der Waals surface area contributed by atoms with Crippen molar-refractivity contribution >= 4 is 23.1 Å². The number of ether oxygens (including phenoxy) is 1. The molecule has 0 aliphatic heterocycles. The van der Waals surface area contributed by atoms with Gasteiger partial charge in [0.2, 0.25) is 0 Å². The van der Waals surface area contributed by atoms with Gasteiger partial charge in [-0.15, -0.1) is 5.10 Å². The predicted molar refractivity (Wildman–Crippen MR) is 71.4 cm³/mol. The Labute approximate surface area is 114 Å². The van der Waals surface area contributed by atoms with Gasteiger partial charge in [-0.1, -0.05) is 23.0 Å². The van der Waals surface area contributed by atoms with Crippen LogP contribution < -0.4 is 4.74 Å². The van der Waals surface area contributed by atoms with E-state index < -0.39 is 6.10 Å². The van der Waals surface area contributed by atoms with E-state index in [0.29, 0.717) is 16.3 Å². The number of benzene rings is 1. The number of nitrogens with zero attached hydrogens (tertiary/aromatic N) is 2. The van der Waals surface area contributed by atoms with Crippen LogP contribution in [0.15, 0.2) is 18.2 Å². The van der Waals surface area contributed by atoms with Gasteiger partial charge in [0.25, 0.3) is 0 Å². The van der Waals surface area contributed by atoms with E-state index >= 15 is 0 Å². The highest BCUT2D eigenvalue weighted by atomic mass is 35.5. The minimum absolute atomic E-state index is 0.556. The van der Waals surface area contributed by atoms with Crippen molar-refractivity contribution in [1.82, 2.24) is 9.59 Å². The summed E-state index contributed by atoms with van der Waals surface area (Å²) >= 11 is 7.15. The Morgan fingerprint density at radius 3 is 2.94 bits per heavy atom. The van der Waals surface area contributed by atoms with Crippen molar-refractivity contribution in [2.75, 3.05) is 7.11 Å². The van der Waals surface area contributed by atoms with Gasteiger partial charge in [-0.2, -0.15) is 0 Å². The summed E-state index contributed by atoms with van der Waals surface area (Å²) in [6.45, 7) is 1.97. The van der Waals surface area contributed by atoms with Crippen LogP contribution >= 0.6 is 23.1 Å². The Bertz CT molecular complexity index is 545. The number of aromatic nitrogens is 2. The van der Waals surface area contributed by atoms with Gasteiger partial charge in [-0.3, -0.25) is 0 Å². The summed E-state index contributed by atoms with van der Waals surface area (Å²) in [4.78, 5) is 0.734. The summed E-state index contributed by atoms with van der Waals surface area (Å²) in [6, 6.07) is 5.16. The maximum atomic E-state index is 10.4. The molecule has 1 unspecified atom stereocenters. The first-order valence-corrected chi connectivity index (χ1v) is 6.65. The van der Waals surface area contributed by atoms with Crippen LogP contribution in [0.5, 0.6) is 5.75 Å². The second kappa shape index (κ2) is 5.65. The van der Waals surface area contributed by atoms with Gasteiger partial charge in [0, 0.05) is 10.6 Å². The molecule has 2 aromatic rings. The summed E-state index contributed by atoms with van der Waals surface area (Å²) in [5, 5.41) is 15.0. The van der Waals surface area contributed by atoms with E-state index in [1.165, 1.54) is 11.5 Å². The van der Waals surface area contributed by atoms with Crippen molar-refractivity contribution in [3.05, 3.63) is 39.4 Å². The number of aliphatic hydroxyl groups is 1. The molecule has 4 nitrogen and oxygen atoms in total. The van der Waals surface area contributed by atoms with E-state index in [4.69, 9.17) is 16.3 Å². The van der Waals surface area contributed by atoms with Crippen molar-refractivity contribution in [2.24, 2.45) is 0 Å². The van der Waals surface area contributed by atoms with E-state index in [1.54, 1.807) is 25.3 Å². The number of hydrogen-bond acceptors (Lipinski definition) is 5. The fourth-order valence-corrected chi connectivity index (χ4v) is 2.65. The molecule has 1 aromatic heterocycles. The topological polar surface area (TPSA) is 55.2 Å². The van der Waals surface area contributed by atoms with Crippen LogP contribution in [0.25, 0.3) is 0 Å². The van der Waals surface area contributed by atoms with Gasteiger partial charge in [-0.05, 0) is 36.2 Å². The number of hydrogen-bond donors (Lipinski definition) is 1. The first kappa shape index (κ1) is 13.3. The van der Waals surface area contributed by atoms with Crippen molar-refractivity contribution < 1.29 is 9.84 Å². The zero-order valence-corrected chi connectivity index (χ0v) is 11.6. The molecular formula is C12H13ClN2O2S. The zero-order valence-electron chi connectivity index (χ0n) is 10.1. The Kier molecular flexibility index (Phi) is 4.16. The molecule has 1 aromatic carbocycles. The summed E-state index contributed by atoms with van der Waals surface area (Å²) in [5.41, 5.74) is 1.43. The summed E-state index contributed by atoms with van der Waals surface area (Å²) in [6.07, 6.45) is -0.0835. The van der Waals surface area contributed by atoms with Crippen LogP contribution in [0, 0.1) is 0 Å². The fraction of sp³-hybridized carbons (Fsp3) is 0.333. The van der Waals surface area contributed by atoms with Crippen LogP contribution in [-0.2, 0) is 6.42 Å². The fourth-order valence-electron chi connectivity index (χ4n) is 1.73. The Morgan fingerprint density at radius 2 is 2.28 bits per heavy atom. The Hall–Kier alpha value is -1.17. The molecule has 1 N–H and O–H groups in total. The molecule has 1 heterocycles. The van der Waals surface area contributed by atoms with Gasteiger partial charge < -0.3 is 9.84 Å². The summed E-state index contributed by atoms with van der Waals surface area (Å²) in [5.74, 6) is 0.599. The van der Waals surface area contributed by atoms with Crippen molar-refractivity contribution in [2.45, 2.75) is 19.4 Å². The molecular weight excluding hydrogens is 272 g/mol. The first-order valence-electron chi connectivity index (χ1n) is 5.50. The van der Waals surface area contributed by atoms with Crippen LogP contribution in [0.3, 0.4) is 0 Å². The highest BCUT2D eigenvalue weighted by Gasteiger charge is 2.21. The van der Waals surface area contributed by atoms with Crippen LogP contribution in [0.2, 0.25) is 5.02 Å². The van der Waals surface area contributed by atoms with Gasteiger partial charge >= 0.3 is 0 Å². The minimum atomic E-state index is -0.811. The third kappa shape index (κ3) is 2.48. The van der Waals surface area contributed by atoms with Gasteiger partial charge in [-0.25, -0.2) is 0 Å².